The number of nitrogens with two attached hydrogens (primary N) is 1. The Morgan fingerprint density at radius 2 is 1.92 bits per heavy atom. The van der Waals surface area contributed by atoms with Gasteiger partial charge in [0.05, 0.1) is 23.7 Å². The lowest BCUT2D eigenvalue weighted by molar-refractivity contribution is -0.168. The molecule has 2 aliphatic heterocycles. The first-order chi connectivity index (χ1) is 18.1. The largest absolute Gasteiger partial charge is 0.433 e. The predicted octanol–water partition coefficient (Wildman–Crippen LogP) is 2.66. The summed E-state index contributed by atoms with van der Waals surface area (Å²) in [6, 6.07) is 9.12. The summed E-state index contributed by atoms with van der Waals surface area (Å²) in [5, 5.41) is 6.28. The van der Waals surface area contributed by atoms with E-state index in [9.17, 15) is 19.2 Å². The van der Waals surface area contributed by atoms with Crippen molar-refractivity contribution in [3.63, 3.8) is 0 Å². The molecule has 38 heavy (non-hydrogen) atoms. The van der Waals surface area contributed by atoms with Crippen LogP contribution in [0.3, 0.4) is 0 Å². The van der Waals surface area contributed by atoms with Crippen LogP contribution >= 0.6 is 23.2 Å². The maximum Gasteiger partial charge on any atom is 0.310 e. The fourth-order valence-corrected chi connectivity index (χ4v) is 4.71. The molecule has 0 unspecified atom stereocenters. The van der Waals surface area contributed by atoms with Crippen molar-refractivity contribution in [3.05, 3.63) is 63.6 Å². The molecule has 0 radical (unpaired) electrons. The van der Waals surface area contributed by atoms with E-state index in [4.69, 9.17) is 38.4 Å². The average molecular weight is 563 g/mol. The van der Waals surface area contributed by atoms with E-state index >= 15 is 0 Å². The summed E-state index contributed by atoms with van der Waals surface area (Å²) in [6.45, 7) is 2.07. The zero-order valence-electron chi connectivity index (χ0n) is 20.6. The van der Waals surface area contributed by atoms with Crippen molar-refractivity contribution in [2.75, 3.05) is 12.3 Å². The van der Waals surface area contributed by atoms with E-state index in [1.165, 1.54) is 23.1 Å². The Hall–Kier alpha value is -3.34. The predicted molar refractivity (Wildman–Crippen MR) is 140 cm³/mol. The molecule has 2 aromatic rings. The second kappa shape index (κ2) is 12.0. The number of nitrogen functional groups attached to an aromatic ring is 1. The molecule has 4 atom stereocenters. The van der Waals surface area contributed by atoms with Gasteiger partial charge in [-0.25, -0.2) is 0 Å². The summed E-state index contributed by atoms with van der Waals surface area (Å²) in [5.74, 6) is -1.79. The van der Waals surface area contributed by atoms with Crippen LogP contribution in [0.1, 0.15) is 42.1 Å². The summed E-state index contributed by atoms with van der Waals surface area (Å²) < 4.78 is 11.0. The molecule has 2 saturated heterocycles. The lowest BCUT2D eigenvalue weighted by Gasteiger charge is -2.28. The van der Waals surface area contributed by atoms with Gasteiger partial charge < -0.3 is 30.7 Å². The number of ether oxygens (including phenoxy) is 2. The molecule has 12 heteroatoms. The third-order valence-corrected chi connectivity index (χ3v) is 7.02. The van der Waals surface area contributed by atoms with Crippen molar-refractivity contribution < 1.29 is 28.7 Å². The van der Waals surface area contributed by atoms with Gasteiger partial charge in [-0.1, -0.05) is 35.3 Å². The number of carbonyl (C=O) groups excluding carboxylic acids is 4. The maximum absolute atomic E-state index is 13.2. The van der Waals surface area contributed by atoms with Crippen LogP contribution in [-0.4, -0.2) is 59.6 Å². The fraction of sp³-hybridized carbons (Fsp3) is 0.385. The molecule has 2 aliphatic rings. The third-order valence-electron chi connectivity index (χ3n) is 6.44. The number of nitrogens with zero attached hydrogens (tertiary/aromatic N) is 1. The summed E-state index contributed by atoms with van der Waals surface area (Å²) in [7, 11) is 0. The Labute approximate surface area is 229 Å². The number of anilines is 1. The Morgan fingerprint density at radius 3 is 2.63 bits per heavy atom. The highest BCUT2D eigenvalue weighted by molar-refractivity contribution is 6.33. The van der Waals surface area contributed by atoms with Crippen LogP contribution in [0, 0.1) is 0 Å². The number of likely N-dealkylation sites (tertiary alicyclic amines) is 1. The van der Waals surface area contributed by atoms with Gasteiger partial charge in [0.1, 0.15) is 18.1 Å². The van der Waals surface area contributed by atoms with E-state index in [2.05, 4.69) is 10.6 Å². The second-order valence-electron chi connectivity index (χ2n) is 9.24. The SMILES string of the molecule is C[C@H](NC(=O)c1ccc(N)c(Cl)c1)C(=O)N1CCC[C@H]1C(=O)N[C@H]1CC(=O)O[C@H]1OCc1ccc(Cl)cc1. The van der Waals surface area contributed by atoms with Gasteiger partial charge in [-0.15, -0.1) is 0 Å². The second-order valence-corrected chi connectivity index (χ2v) is 10.1. The molecule has 0 aromatic heterocycles. The molecule has 10 nitrogen and oxygen atoms in total. The number of hydrogen-bond acceptors (Lipinski definition) is 7. The van der Waals surface area contributed by atoms with E-state index in [-0.39, 0.29) is 23.6 Å². The molecule has 0 saturated carbocycles. The standard InChI is InChI=1S/C26H28Cl2N4O6/c1-14(30-23(34)16-6-9-19(29)18(28)11-16)25(36)32-10-2-3-21(32)24(35)31-20-12-22(33)38-26(20)37-13-15-4-7-17(27)8-5-15/h4-9,11,14,20-21,26H,2-3,10,12-13,29H2,1H3,(H,30,34)(H,31,35)/t14-,20-,21-,26+/m0/s1. The molecule has 4 N–H and O–H groups in total. The molecule has 0 bridgehead atoms. The number of hydrogen-bond donors (Lipinski definition) is 3. The Bertz CT molecular complexity index is 1220. The summed E-state index contributed by atoms with van der Waals surface area (Å²) >= 11 is 11.9. The lowest BCUT2D eigenvalue weighted by Crippen LogP contribution is -2.54. The van der Waals surface area contributed by atoms with Gasteiger partial charge in [-0.2, -0.15) is 0 Å². The van der Waals surface area contributed by atoms with Crippen LogP contribution in [0.25, 0.3) is 0 Å². The molecule has 202 valence electrons. The minimum atomic E-state index is -0.961. The average Bonchev–Trinajstić information content (AvgIpc) is 3.51. The van der Waals surface area contributed by atoms with Crippen LogP contribution < -0.4 is 16.4 Å². The minimum absolute atomic E-state index is 0.0473. The van der Waals surface area contributed by atoms with E-state index in [1.54, 1.807) is 31.2 Å². The number of nitrogens with one attached hydrogen (secondary N) is 2. The Balaban J connectivity index is 1.34. The minimum Gasteiger partial charge on any atom is -0.433 e. The van der Waals surface area contributed by atoms with Crippen LogP contribution in [0.15, 0.2) is 42.5 Å². The smallest absolute Gasteiger partial charge is 0.310 e. The van der Waals surface area contributed by atoms with Crippen LogP contribution in [0.2, 0.25) is 10.0 Å². The molecular formula is C26H28Cl2N4O6. The van der Waals surface area contributed by atoms with Crippen molar-refractivity contribution >= 4 is 52.6 Å². The van der Waals surface area contributed by atoms with Crippen LogP contribution in [-0.2, 0) is 30.5 Å². The van der Waals surface area contributed by atoms with Crippen molar-refractivity contribution in [3.8, 4) is 0 Å². The summed E-state index contributed by atoms with van der Waals surface area (Å²) in [5.41, 5.74) is 7.11. The zero-order valence-corrected chi connectivity index (χ0v) is 22.1. The van der Waals surface area contributed by atoms with Gasteiger partial charge in [-0.3, -0.25) is 19.2 Å². The van der Waals surface area contributed by atoms with Crippen molar-refractivity contribution in [1.82, 2.24) is 15.5 Å². The van der Waals surface area contributed by atoms with E-state index in [0.29, 0.717) is 30.1 Å². The number of carbonyl (C=O) groups is 4. The van der Waals surface area contributed by atoms with Gasteiger partial charge in [0.2, 0.25) is 18.1 Å². The first kappa shape index (κ1) is 27.7. The van der Waals surface area contributed by atoms with Crippen LogP contribution in [0.5, 0.6) is 0 Å². The fourth-order valence-electron chi connectivity index (χ4n) is 4.40. The highest BCUT2D eigenvalue weighted by Gasteiger charge is 2.41. The van der Waals surface area contributed by atoms with Crippen LogP contribution in [0.4, 0.5) is 5.69 Å². The monoisotopic (exact) mass is 562 g/mol. The number of amides is 3. The number of rotatable bonds is 8. The Kier molecular flexibility index (Phi) is 8.76. The van der Waals surface area contributed by atoms with Gasteiger partial charge in [-0.05, 0) is 55.7 Å². The number of cyclic esters (lactones) is 1. The van der Waals surface area contributed by atoms with Gasteiger partial charge in [0.15, 0.2) is 0 Å². The summed E-state index contributed by atoms with van der Waals surface area (Å²) in [6.07, 6.45) is 0.0599. The van der Waals surface area contributed by atoms with E-state index in [1.807, 2.05) is 0 Å². The highest BCUT2D eigenvalue weighted by atomic mass is 35.5. The molecule has 2 aromatic carbocycles. The third kappa shape index (κ3) is 6.56. The molecular weight excluding hydrogens is 535 g/mol. The number of benzene rings is 2. The normalized spacial score (nSPS) is 21.6. The maximum atomic E-state index is 13.2. The topological polar surface area (TPSA) is 140 Å². The molecule has 0 spiro atoms. The molecule has 4 rings (SSSR count). The first-order valence-electron chi connectivity index (χ1n) is 12.1. The van der Waals surface area contributed by atoms with E-state index < -0.39 is 48.1 Å². The molecule has 0 aliphatic carbocycles. The number of halogens is 2. The van der Waals surface area contributed by atoms with Crippen molar-refractivity contribution in [1.29, 1.82) is 0 Å². The lowest BCUT2D eigenvalue weighted by atomic mass is 10.1. The molecule has 2 fully saturated rings. The number of esters is 1. The quantitative estimate of drug-likeness (QED) is 0.332. The van der Waals surface area contributed by atoms with Gasteiger partial charge >= 0.3 is 5.97 Å². The molecule has 3 amide bonds. The van der Waals surface area contributed by atoms with Crippen molar-refractivity contribution in [2.24, 2.45) is 0 Å². The Morgan fingerprint density at radius 1 is 1.18 bits per heavy atom. The van der Waals surface area contributed by atoms with E-state index in [0.717, 1.165) is 5.56 Å². The first-order valence-corrected chi connectivity index (χ1v) is 12.9. The summed E-state index contributed by atoms with van der Waals surface area (Å²) in [4.78, 5) is 52.3. The van der Waals surface area contributed by atoms with Gasteiger partial charge in [0, 0.05) is 17.1 Å². The van der Waals surface area contributed by atoms with Gasteiger partial charge in [0.25, 0.3) is 5.91 Å². The highest BCUT2D eigenvalue weighted by Crippen LogP contribution is 2.23. The molecule has 2 heterocycles. The zero-order chi connectivity index (χ0) is 27.4. The van der Waals surface area contributed by atoms with Crippen molar-refractivity contribution in [2.45, 2.75) is 57.2 Å².